The van der Waals surface area contributed by atoms with Crippen LogP contribution in [0.25, 0.3) is 87.6 Å². The van der Waals surface area contributed by atoms with Crippen molar-refractivity contribution in [2.75, 3.05) is 0 Å². The van der Waals surface area contributed by atoms with Gasteiger partial charge in [-0.25, -0.2) is 0 Å². The van der Waals surface area contributed by atoms with Crippen LogP contribution < -0.4 is 0 Å². The summed E-state index contributed by atoms with van der Waals surface area (Å²) < 4.78 is 2.50. The maximum Gasteiger partial charge on any atom is 0.0626 e. The van der Waals surface area contributed by atoms with Crippen LogP contribution in [0.3, 0.4) is 0 Å². The van der Waals surface area contributed by atoms with Crippen LogP contribution in [-0.4, -0.2) is 4.57 Å². The van der Waals surface area contributed by atoms with Crippen molar-refractivity contribution < 1.29 is 0 Å². The Morgan fingerprint density at radius 1 is 0.480 bits per heavy atom. The van der Waals surface area contributed by atoms with E-state index in [1.54, 1.807) is 0 Å². The SMILES string of the molecule is CC1C=CC=C(c2cccc(-c3cc4c5ccccc5c5c(c6ccccc6n5-c5cccc(-c6ccccc6)c5)c4c4ccccc34)c2)C1. The molecule has 0 saturated heterocycles. The van der Waals surface area contributed by atoms with Gasteiger partial charge in [0.05, 0.1) is 11.0 Å². The first kappa shape index (κ1) is 28.8. The van der Waals surface area contributed by atoms with Crippen molar-refractivity contribution in [2.45, 2.75) is 13.3 Å². The molecule has 236 valence electrons. The highest BCUT2D eigenvalue weighted by Gasteiger charge is 2.22. The predicted molar refractivity (Wildman–Crippen MR) is 215 cm³/mol. The van der Waals surface area contributed by atoms with E-state index in [4.69, 9.17) is 0 Å². The second kappa shape index (κ2) is 11.5. The Labute approximate surface area is 292 Å². The lowest BCUT2D eigenvalue weighted by molar-refractivity contribution is 0.749. The summed E-state index contributed by atoms with van der Waals surface area (Å²) in [5.74, 6) is 0.553. The van der Waals surface area contributed by atoms with Gasteiger partial charge in [-0.1, -0.05) is 153 Å². The fourth-order valence-electron chi connectivity index (χ4n) is 8.44. The number of nitrogens with zero attached hydrogens (tertiary/aromatic N) is 1. The Balaban J connectivity index is 1.32. The summed E-state index contributed by atoms with van der Waals surface area (Å²) in [6.07, 6.45) is 7.87. The molecule has 1 heterocycles. The Morgan fingerprint density at radius 3 is 1.98 bits per heavy atom. The van der Waals surface area contributed by atoms with Gasteiger partial charge in [-0.05, 0) is 97.6 Å². The van der Waals surface area contributed by atoms with E-state index in [0.29, 0.717) is 5.92 Å². The Kier molecular flexibility index (Phi) is 6.60. The van der Waals surface area contributed by atoms with Gasteiger partial charge in [0.1, 0.15) is 0 Å². The molecule has 0 amide bonds. The van der Waals surface area contributed by atoms with E-state index in [-0.39, 0.29) is 0 Å². The molecule has 1 aliphatic rings. The quantitative estimate of drug-likeness (QED) is 0.169. The molecule has 0 bridgehead atoms. The molecule has 0 radical (unpaired) electrons. The van der Waals surface area contributed by atoms with Crippen molar-refractivity contribution in [2.24, 2.45) is 5.92 Å². The molecule has 1 unspecified atom stereocenters. The van der Waals surface area contributed by atoms with Crippen molar-refractivity contribution >= 4 is 59.7 Å². The van der Waals surface area contributed by atoms with Gasteiger partial charge in [-0.2, -0.15) is 0 Å². The molecule has 1 nitrogen and oxygen atoms in total. The third kappa shape index (κ3) is 4.47. The van der Waals surface area contributed by atoms with Gasteiger partial charge in [0.25, 0.3) is 0 Å². The van der Waals surface area contributed by atoms with Crippen molar-refractivity contribution in [3.8, 4) is 27.9 Å². The molecule has 0 aliphatic heterocycles. The minimum Gasteiger partial charge on any atom is -0.309 e. The van der Waals surface area contributed by atoms with E-state index in [2.05, 4.69) is 187 Å². The number of aromatic nitrogens is 1. The molecule has 1 aromatic heterocycles. The maximum atomic E-state index is 2.50. The molecule has 0 fully saturated rings. The van der Waals surface area contributed by atoms with Gasteiger partial charge in [0.15, 0.2) is 0 Å². The lowest BCUT2D eigenvalue weighted by Crippen LogP contribution is -1.97. The van der Waals surface area contributed by atoms with Crippen LogP contribution in [0.15, 0.2) is 176 Å². The fourth-order valence-corrected chi connectivity index (χ4v) is 8.44. The molecule has 9 aromatic rings. The molecule has 0 spiro atoms. The van der Waals surface area contributed by atoms with E-state index in [9.17, 15) is 0 Å². The first-order valence-electron chi connectivity index (χ1n) is 17.7. The molecular weight excluding hydrogens is 603 g/mol. The fraction of sp³-hybridized carbons (Fsp3) is 0.0612. The molecule has 50 heavy (non-hydrogen) atoms. The molecule has 1 atom stereocenters. The standard InChI is InChI=1S/C49H35N/c1-32-14-11-17-34(28-32)35-18-12-20-37(29-35)44-31-45-40-23-6-8-25-42(40)49-48(47(45)41-24-7-5-22-39(41)44)43-26-9-10-27-46(43)50(49)38-21-13-19-36(30-38)33-15-3-2-4-16-33/h2-27,29-32H,28H2,1H3. The van der Waals surface area contributed by atoms with Gasteiger partial charge in [0.2, 0.25) is 0 Å². The van der Waals surface area contributed by atoms with Crippen LogP contribution in [-0.2, 0) is 0 Å². The topological polar surface area (TPSA) is 4.93 Å². The van der Waals surface area contributed by atoms with E-state index in [1.807, 2.05) is 0 Å². The van der Waals surface area contributed by atoms with Crippen molar-refractivity contribution in [3.63, 3.8) is 0 Å². The van der Waals surface area contributed by atoms with E-state index in [0.717, 1.165) is 6.42 Å². The predicted octanol–water partition coefficient (Wildman–Crippen LogP) is 13.6. The third-order valence-corrected chi connectivity index (χ3v) is 10.7. The second-order valence-corrected chi connectivity index (χ2v) is 13.8. The molecule has 10 rings (SSSR count). The minimum absolute atomic E-state index is 0.553. The second-order valence-electron chi connectivity index (χ2n) is 13.8. The van der Waals surface area contributed by atoms with Gasteiger partial charge in [-0.3, -0.25) is 0 Å². The van der Waals surface area contributed by atoms with Crippen LogP contribution in [0, 0.1) is 5.92 Å². The number of hydrogen-bond acceptors (Lipinski definition) is 0. The summed E-state index contributed by atoms with van der Waals surface area (Å²) in [5, 5.41) is 10.3. The highest BCUT2D eigenvalue weighted by Crippen LogP contribution is 2.47. The number of fused-ring (bicyclic) bond motifs is 10. The summed E-state index contributed by atoms with van der Waals surface area (Å²) in [6, 6.07) is 58.3. The smallest absolute Gasteiger partial charge is 0.0626 e. The highest BCUT2D eigenvalue weighted by molar-refractivity contribution is 6.38. The summed E-state index contributed by atoms with van der Waals surface area (Å²) in [5.41, 5.74) is 11.3. The number of allylic oxidation sites excluding steroid dienone is 4. The van der Waals surface area contributed by atoms with Crippen LogP contribution in [0.5, 0.6) is 0 Å². The molecule has 8 aromatic carbocycles. The normalized spacial score (nSPS) is 14.7. The Bertz CT molecular complexity index is 2850. The molecule has 0 saturated carbocycles. The third-order valence-electron chi connectivity index (χ3n) is 10.7. The Morgan fingerprint density at radius 2 is 1.14 bits per heavy atom. The average Bonchev–Trinajstić information content (AvgIpc) is 3.53. The first-order valence-corrected chi connectivity index (χ1v) is 17.7. The number of rotatable bonds is 4. The average molecular weight is 638 g/mol. The van der Waals surface area contributed by atoms with Crippen molar-refractivity contribution in [1.82, 2.24) is 4.57 Å². The van der Waals surface area contributed by atoms with Crippen LogP contribution in [0.4, 0.5) is 0 Å². The summed E-state index contributed by atoms with van der Waals surface area (Å²) in [7, 11) is 0. The zero-order valence-electron chi connectivity index (χ0n) is 28.0. The summed E-state index contributed by atoms with van der Waals surface area (Å²) in [6.45, 7) is 2.30. The van der Waals surface area contributed by atoms with Gasteiger partial charge >= 0.3 is 0 Å². The molecule has 0 N–H and O–H groups in total. The van der Waals surface area contributed by atoms with Crippen LogP contribution in [0.1, 0.15) is 18.9 Å². The first-order chi connectivity index (χ1) is 24.7. The maximum absolute atomic E-state index is 2.50. The van der Waals surface area contributed by atoms with Crippen molar-refractivity contribution in [1.29, 1.82) is 0 Å². The zero-order chi connectivity index (χ0) is 33.2. The lowest BCUT2D eigenvalue weighted by atomic mass is 9.86. The van der Waals surface area contributed by atoms with Gasteiger partial charge < -0.3 is 4.57 Å². The van der Waals surface area contributed by atoms with Crippen LogP contribution in [0.2, 0.25) is 0 Å². The largest absolute Gasteiger partial charge is 0.309 e. The van der Waals surface area contributed by atoms with Gasteiger partial charge in [-0.15, -0.1) is 0 Å². The zero-order valence-corrected chi connectivity index (χ0v) is 28.0. The minimum atomic E-state index is 0.553. The highest BCUT2D eigenvalue weighted by atomic mass is 15.0. The van der Waals surface area contributed by atoms with Crippen LogP contribution >= 0.6 is 0 Å². The van der Waals surface area contributed by atoms with E-state index < -0.39 is 0 Å². The van der Waals surface area contributed by atoms with E-state index in [1.165, 1.54) is 93.2 Å². The molecular formula is C49H35N. The molecule has 1 heteroatoms. The number of benzene rings is 8. The monoisotopic (exact) mass is 637 g/mol. The molecule has 1 aliphatic carbocycles. The van der Waals surface area contributed by atoms with Crippen molar-refractivity contribution in [3.05, 3.63) is 182 Å². The summed E-state index contributed by atoms with van der Waals surface area (Å²) in [4.78, 5) is 0. The number of para-hydroxylation sites is 1. The van der Waals surface area contributed by atoms with Gasteiger partial charge in [0, 0.05) is 27.2 Å². The summed E-state index contributed by atoms with van der Waals surface area (Å²) >= 11 is 0. The van der Waals surface area contributed by atoms with E-state index >= 15 is 0 Å². The number of hydrogen-bond donors (Lipinski definition) is 0. The Hall–Kier alpha value is -6.18. The lowest BCUT2D eigenvalue weighted by Gasteiger charge is -2.18.